The van der Waals surface area contributed by atoms with E-state index in [0.717, 1.165) is 0 Å². The van der Waals surface area contributed by atoms with Crippen LogP contribution in [0.4, 0.5) is 0 Å². The van der Waals surface area contributed by atoms with Crippen molar-refractivity contribution < 1.29 is 29.0 Å². The van der Waals surface area contributed by atoms with E-state index >= 15 is 0 Å². The molecule has 0 saturated heterocycles. The third-order valence-corrected chi connectivity index (χ3v) is 4.73. The van der Waals surface area contributed by atoms with Crippen molar-refractivity contribution in [1.82, 2.24) is 10.6 Å². The summed E-state index contributed by atoms with van der Waals surface area (Å²) in [6, 6.07) is 1.40. The quantitative estimate of drug-likeness (QED) is 0.307. The number of halogens is 1. The molecule has 11 heteroatoms. The number of ether oxygens (including phenoxy) is 1. The average molecular weight is 457 g/mol. The van der Waals surface area contributed by atoms with Crippen molar-refractivity contribution in [1.29, 1.82) is 0 Å². The summed E-state index contributed by atoms with van der Waals surface area (Å²) >= 11 is 5.97. The van der Waals surface area contributed by atoms with Gasteiger partial charge in [0.15, 0.2) is 0 Å². The molecule has 7 N–H and O–H groups in total. The van der Waals surface area contributed by atoms with Gasteiger partial charge in [-0.15, -0.1) is 0 Å². The highest BCUT2D eigenvalue weighted by atomic mass is 35.5. The smallest absolute Gasteiger partial charge is 0.326 e. The molecule has 4 atom stereocenters. The molecule has 0 aliphatic heterocycles. The van der Waals surface area contributed by atoms with Crippen LogP contribution in [0.25, 0.3) is 0 Å². The van der Waals surface area contributed by atoms with Gasteiger partial charge in [-0.3, -0.25) is 14.4 Å². The van der Waals surface area contributed by atoms with Gasteiger partial charge < -0.3 is 31.9 Å². The number of hydrogen-bond donors (Lipinski definition) is 5. The van der Waals surface area contributed by atoms with Crippen molar-refractivity contribution in [3.8, 4) is 5.75 Å². The first-order valence-corrected chi connectivity index (χ1v) is 10.1. The molecule has 0 saturated carbocycles. The molecule has 0 aromatic heterocycles. The monoisotopic (exact) mass is 456 g/mol. The molecule has 0 fully saturated rings. The highest BCUT2D eigenvalue weighted by Crippen LogP contribution is 2.24. The van der Waals surface area contributed by atoms with E-state index in [9.17, 15) is 24.3 Å². The summed E-state index contributed by atoms with van der Waals surface area (Å²) in [4.78, 5) is 48.4. The number of primary amides is 1. The Kier molecular flexibility index (Phi) is 10.2. The Morgan fingerprint density at radius 2 is 1.84 bits per heavy atom. The van der Waals surface area contributed by atoms with Crippen molar-refractivity contribution in [2.45, 2.75) is 51.7 Å². The molecule has 10 nitrogen and oxygen atoms in total. The second kappa shape index (κ2) is 12.1. The highest BCUT2D eigenvalue weighted by molar-refractivity contribution is 6.30. The van der Waals surface area contributed by atoms with Gasteiger partial charge in [-0.2, -0.15) is 0 Å². The van der Waals surface area contributed by atoms with Gasteiger partial charge in [0.25, 0.3) is 5.91 Å². The fourth-order valence-corrected chi connectivity index (χ4v) is 2.77. The number of nitrogens with one attached hydrogen (secondary N) is 2. The number of aliphatic carboxylic acids is 1. The molecule has 0 aliphatic carbocycles. The minimum Gasteiger partial charge on any atom is -0.491 e. The molecule has 0 unspecified atom stereocenters. The number of carboxylic acid groups (broad SMARTS) is 1. The summed E-state index contributed by atoms with van der Waals surface area (Å²) in [6.07, 6.45) is -0.0246. The molecular formula is C20H29ClN4O6. The summed E-state index contributed by atoms with van der Waals surface area (Å²) in [7, 11) is 0. The largest absolute Gasteiger partial charge is 0.491 e. The molecule has 0 heterocycles. The average Bonchev–Trinajstić information content (AvgIpc) is 2.68. The molecular weight excluding hydrogens is 428 g/mol. The standard InChI is InChI=1S/C20H29ClN4O6/c1-4-10(2)17(20(29)30)25-19(28)14(8-16(23)26)24-18(27)13-6-5-12(21)7-15(13)31-9-11(3)22/h5-7,10-11,14,17H,4,8-9,22H2,1-3H3,(H2,23,26)(H,24,27)(H,25,28)(H,29,30)/t10-,11-,14-,17-/m0/s1. The lowest BCUT2D eigenvalue weighted by atomic mass is 9.98. The summed E-state index contributed by atoms with van der Waals surface area (Å²) < 4.78 is 5.53. The molecule has 1 aromatic carbocycles. The third kappa shape index (κ3) is 8.42. The van der Waals surface area contributed by atoms with E-state index in [1.165, 1.54) is 18.2 Å². The zero-order valence-electron chi connectivity index (χ0n) is 17.7. The second-order valence-corrected chi connectivity index (χ2v) is 7.77. The lowest BCUT2D eigenvalue weighted by molar-refractivity contribution is -0.143. The number of amides is 3. The van der Waals surface area contributed by atoms with Crippen molar-refractivity contribution in [2.24, 2.45) is 17.4 Å². The maximum atomic E-state index is 12.8. The van der Waals surface area contributed by atoms with Gasteiger partial charge in [-0.1, -0.05) is 31.9 Å². The molecule has 0 aliphatic rings. The second-order valence-electron chi connectivity index (χ2n) is 7.34. The fraction of sp³-hybridized carbons (Fsp3) is 0.500. The van der Waals surface area contributed by atoms with E-state index in [1.807, 2.05) is 0 Å². The van der Waals surface area contributed by atoms with Crippen LogP contribution in [0, 0.1) is 5.92 Å². The van der Waals surface area contributed by atoms with Crippen LogP contribution in [0.5, 0.6) is 5.75 Å². The molecule has 1 rings (SSSR count). The number of carbonyl (C=O) groups is 4. The number of carboxylic acids is 1. The van der Waals surface area contributed by atoms with Crippen LogP contribution in [0.15, 0.2) is 18.2 Å². The molecule has 31 heavy (non-hydrogen) atoms. The van der Waals surface area contributed by atoms with Crippen LogP contribution in [0.3, 0.4) is 0 Å². The lowest BCUT2D eigenvalue weighted by Gasteiger charge is -2.24. The lowest BCUT2D eigenvalue weighted by Crippen LogP contribution is -2.54. The number of nitrogens with two attached hydrogens (primary N) is 2. The normalized spacial score (nSPS) is 14.6. The summed E-state index contributed by atoms with van der Waals surface area (Å²) in [5.74, 6) is -3.87. The van der Waals surface area contributed by atoms with Crippen LogP contribution in [-0.2, 0) is 14.4 Å². The van der Waals surface area contributed by atoms with Crippen LogP contribution in [0.1, 0.15) is 44.0 Å². The minimum atomic E-state index is -1.38. The van der Waals surface area contributed by atoms with E-state index in [1.54, 1.807) is 20.8 Å². The predicted molar refractivity (Wildman–Crippen MR) is 115 cm³/mol. The van der Waals surface area contributed by atoms with E-state index in [4.69, 9.17) is 27.8 Å². The van der Waals surface area contributed by atoms with Gasteiger partial charge in [-0.05, 0) is 31.0 Å². The first-order chi connectivity index (χ1) is 14.5. The minimum absolute atomic E-state index is 0.0593. The Morgan fingerprint density at radius 1 is 1.19 bits per heavy atom. The van der Waals surface area contributed by atoms with E-state index in [0.29, 0.717) is 11.4 Å². The van der Waals surface area contributed by atoms with Crippen molar-refractivity contribution in [2.75, 3.05) is 6.61 Å². The van der Waals surface area contributed by atoms with Gasteiger partial charge in [0.2, 0.25) is 11.8 Å². The highest BCUT2D eigenvalue weighted by Gasteiger charge is 2.31. The van der Waals surface area contributed by atoms with E-state index in [-0.39, 0.29) is 29.9 Å². The maximum Gasteiger partial charge on any atom is 0.326 e. The van der Waals surface area contributed by atoms with Gasteiger partial charge in [0, 0.05) is 11.1 Å². The molecule has 1 aromatic rings. The zero-order chi connectivity index (χ0) is 23.7. The van der Waals surface area contributed by atoms with Crippen molar-refractivity contribution in [3.63, 3.8) is 0 Å². The number of rotatable bonds is 12. The van der Waals surface area contributed by atoms with Gasteiger partial charge >= 0.3 is 5.97 Å². The van der Waals surface area contributed by atoms with Gasteiger partial charge in [0.1, 0.15) is 24.4 Å². The van der Waals surface area contributed by atoms with Gasteiger partial charge in [0.05, 0.1) is 12.0 Å². The molecule has 0 radical (unpaired) electrons. The summed E-state index contributed by atoms with van der Waals surface area (Å²) in [6.45, 7) is 5.27. The topological polar surface area (TPSA) is 174 Å². The Labute approximate surface area is 185 Å². The number of benzene rings is 1. The van der Waals surface area contributed by atoms with Crippen LogP contribution in [0.2, 0.25) is 5.02 Å². The molecule has 0 bridgehead atoms. The van der Waals surface area contributed by atoms with E-state index < -0.39 is 42.2 Å². The van der Waals surface area contributed by atoms with E-state index in [2.05, 4.69) is 10.6 Å². The Morgan fingerprint density at radius 3 is 2.35 bits per heavy atom. The zero-order valence-corrected chi connectivity index (χ0v) is 18.4. The summed E-state index contributed by atoms with van der Waals surface area (Å²) in [5.41, 5.74) is 10.9. The van der Waals surface area contributed by atoms with Gasteiger partial charge in [-0.25, -0.2) is 4.79 Å². The molecule has 3 amide bonds. The van der Waals surface area contributed by atoms with Crippen LogP contribution >= 0.6 is 11.6 Å². The fourth-order valence-electron chi connectivity index (χ4n) is 2.61. The van der Waals surface area contributed by atoms with Crippen LogP contribution in [-0.4, -0.2) is 53.5 Å². The first kappa shape index (κ1) is 26.2. The molecule has 0 spiro atoms. The number of carbonyl (C=O) groups excluding carboxylic acids is 3. The predicted octanol–water partition coefficient (Wildman–Crippen LogP) is 0.655. The Bertz CT molecular complexity index is 817. The van der Waals surface area contributed by atoms with Crippen molar-refractivity contribution >= 4 is 35.3 Å². The van der Waals surface area contributed by atoms with Crippen LogP contribution < -0.4 is 26.8 Å². The van der Waals surface area contributed by atoms with Crippen molar-refractivity contribution in [3.05, 3.63) is 28.8 Å². The maximum absolute atomic E-state index is 12.8. The summed E-state index contributed by atoms with van der Waals surface area (Å²) in [5, 5.41) is 14.5. The molecule has 172 valence electrons. The Hall–Kier alpha value is -2.85. The Balaban J connectivity index is 3.09. The number of hydrogen-bond acceptors (Lipinski definition) is 6. The first-order valence-electron chi connectivity index (χ1n) is 9.76. The third-order valence-electron chi connectivity index (χ3n) is 4.49. The SMILES string of the molecule is CC[C@H](C)[C@H](NC(=O)[C@H](CC(N)=O)NC(=O)c1ccc(Cl)cc1OC[C@H](C)N)C(=O)O.